The number of benzene rings is 3. The molecule has 0 aliphatic rings. The molecule has 0 fully saturated rings. The number of nitrogens with one attached hydrogen (secondary N) is 2. The Morgan fingerprint density at radius 1 is 0.667 bits per heavy atom. The molecule has 0 heterocycles. The van der Waals surface area contributed by atoms with Crippen LogP contribution in [-0.2, 0) is 16.0 Å². The number of carboxylic acids is 1. The van der Waals surface area contributed by atoms with Gasteiger partial charge >= 0.3 is 11.9 Å². The topological polar surface area (TPSA) is 95.5 Å². The zero-order chi connectivity index (χ0) is 30.0. The lowest BCUT2D eigenvalue weighted by Crippen LogP contribution is -2.37. The van der Waals surface area contributed by atoms with E-state index in [4.69, 9.17) is 0 Å². The lowest BCUT2D eigenvalue weighted by atomic mass is 9.82. The fourth-order valence-corrected chi connectivity index (χ4v) is 5.37. The number of carbonyl (C=O) groups is 3. The summed E-state index contributed by atoms with van der Waals surface area (Å²) in [6.45, 7) is 2.88. The minimum absolute atomic E-state index is 0.132. The number of rotatable bonds is 18. The first-order valence-corrected chi connectivity index (χ1v) is 15.5. The van der Waals surface area contributed by atoms with Gasteiger partial charge in [0.1, 0.15) is 0 Å². The van der Waals surface area contributed by atoms with E-state index in [-0.39, 0.29) is 11.8 Å². The van der Waals surface area contributed by atoms with Gasteiger partial charge < -0.3 is 15.7 Å². The van der Waals surface area contributed by atoms with Crippen molar-refractivity contribution in [1.29, 1.82) is 0 Å². The first-order valence-electron chi connectivity index (χ1n) is 15.5. The van der Waals surface area contributed by atoms with Gasteiger partial charge in [-0.2, -0.15) is 0 Å². The Labute approximate surface area is 250 Å². The minimum Gasteiger partial charge on any atom is -0.474 e. The van der Waals surface area contributed by atoms with Crippen molar-refractivity contribution in [3.63, 3.8) is 0 Å². The Hall–Kier alpha value is -3.93. The van der Waals surface area contributed by atoms with E-state index in [1.807, 2.05) is 72.8 Å². The van der Waals surface area contributed by atoms with E-state index in [9.17, 15) is 19.5 Å². The van der Waals surface area contributed by atoms with Gasteiger partial charge in [-0.3, -0.25) is 9.59 Å². The standard InChI is InChI=1S/C36H46N2O4/c1-2-3-4-5-6-7-8-9-10-17-26-37-34(39)31-24-22-30(23-25-31)33(38-35(40)36(41)42)32(29-20-15-12-16-21-29)27-28-18-13-11-14-19-28/h11-16,18-25,32-33H,2-10,17,26-27H2,1H3,(H,37,39)(H,38,40)(H,41,42). The van der Waals surface area contributed by atoms with Gasteiger partial charge in [0.25, 0.3) is 5.91 Å². The molecule has 0 aliphatic carbocycles. The number of hydrogen-bond donors (Lipinski definition) is 3. The second kappa shape index (κ2) is 18.5. The van der Waals surface area contributed by atoms with Crippen LogP contribution in [0.25, 0.3) is 0 Å². The summed E-state index contributed by atoms with van der Waals surface area (Å²) in [5.41, 5.74) is 3.33. The molecule has 224 valence electrons. The molecule has 0 saturated carbocycles. The molecular formula is C36H46N2O4. The number of carboxylic acid groups (broad SMARTS) is 1. The molecule has 0 aliphatic heterocycles. The predicted octanol–water partition coefficient (Wildman–Crippen LogP) is 7.61. The van der Waals surface area contributed by atoms with Crippen LogP contribution in [0.2, 0.25) is 0 Å². The lowest BCUT2D eigenvalue weighted by molar-refractivity contribution is -0.150. The average molecular weight is 571 g/mol. The molecule has 3 rings (SSSR count). The van der Waals surface area contributed by atoms with Gasteiger partial charge in [0.05, 0.1) is 6.04 Å². The summed E-state index contributed by atoms with van der Waals surface area (Å²) in [6, 6.07) is 26.2. The van der Waals surface area contributed by atoms with Gasteiger partial charge in [-0.25, -0.2) is 4.79 Å². The fourth-order valence-electron chi connectivity index (χ4n) is 5.37. The van der Waals surface area contributed by atoms with Crippen LogP contribution in [0.3, 0.4) is 0 Å². The third kappa shape index (κ3) is 11.2. The van der Waals surface area contributed by atoms with Crippen LogP contribution in [0.1, 0.15) is 110 Å². The monoisotopic (exact) mass is 570 g/mol. The highest BCUT2D eigenvalue weighted by Crippen LogP contribution is 2.34. The molecule has 0 radical (unpaired) electrons. The number of carbonyl (C=O) groups excluding carboxylic acids is 2. The summed E-state index contributed by atoms with van der Waals surface area (Å²) in [5, 5.41) is 15.1. The Balaban J connectivity index is 1.62. The highest BCUT2D eigenvalue weighted by molar-refractivity contribution is 6.31. The molecule has 0 aromatic heterocycles. The van der Waals surface area contributed by atoms with Crippen molar-refractivity contribution in [2.75, 3.05) is 6.54 Å². The summed E-state index contributed by atoms with van der Waals surface area (Å²) in [7, 11) is 0. The molecule has 3 aromatic rings. The molecule has 2 atom stereocenters. The number of amides is 2. The van der Waals surface area contributed by atoms with Crippen molar-refractivity contribution < 1.29 is 19.5 Å². The maximum Gasteiger partial charge on any atom is 0.394 e. The van der Waals surface area contributed by atoms with Gasteiger partial charge in [0.2, 0.25) is 0 Å². The lowest BCUT2D eigenvalue weighted by Gasteiger charge is -2.29. The molecule has 0 bridgehead atoms. The van der Waals surface area contributed by atoms with Crippen LogP contribution in [0, 0.1) is 0 Å². The van der Waals surface area contributed by atoms with Gasteiger partial charge in [0.15, 0.2) is 0 Å². The number of unbranched alkanes of at least 4 members (excludes halogenated alkanes) is 9. The zero-order valence-electron chi connectivity index (χ0n) is 24.9. The number of hydrogen-bond acceptors (Lipinski definition) is 3. The second-order valence-electron chi connectivity index (χ2n) is 11.0. The first kappa shape index (κ1) is 32.6. The summed E-state index contributed by atoms with van der Waals surface area (Å²) in [5.74, 6) is -2.96. The van der Waals surface area contributed by atoms with E-state index in [2.05, 4.69) is 17.6 Å². The fraction of sp³-hybridized carbons (Fsp3) is 0.417. The maximum absolute atomic E-state index is 12.8. The van der Waals surface area contributed by atoms with Gasteiger partial charge in [-0.1, -0.05) is 138 Å². The third-order valence-electron chi connectivity index (χ3n) is 7.76. The van der Waals surface area contributed by atoms with E-state index in [1.54, 1.807) is 12.1 Å². The van der Waals surface area contributed by atoms with E-state index in [1.165, 1.54) is 51.4 Å². The average Bonchev–Trinajstić information content (AvgIpc) is 3.02. The summed E-state index contributed by atoms with van der Waals surface area (Å²) >= 11 is 0. The Bertz CT molecular complexity index is 1210. The molecule has 3 aromatic carbocycles. The van der Waals surface area contributed by atoms with Crippen LogP contribution < -0.4 is 10.6 Å². The molecule has 3 N–H and O–H groups in total. The van der Waals surface area contributed by atoms with Gasteiger partial charge in [0, 0.05) is 18.0 Å². The first-order chi connectivity index (χ1) is 20.5. The largest absolute Gasteiger partial charge is 0.474 e. The van der Waals surface area contributed by atoms with E-state index >= 15 is 0 Å². The van der Waals surface area contributed by atoms with Crippen molar-refractivity contribution in [3.8, 4) is 0 Å². The number of aliphatic carboxylic acids is 1. The summed E-state index contributed by atoms with van der Waals surface area (Å²) < 4.78 is 0. The molecule has 0 spiro atoms. The van der Waals surface area contributed by atoms with Crippen molar-refractivity contribution in [1.82, 2.24) is 10.6 Å². The highest BCUT2D eigenvalue weighted by Gasteiger charge is 2.29. The van der Waals surface area contributed by atoms with Crippen LogP contribution in [0.15, 0.2) is 84.9 Å². The smallest absolute Gasteiger partial charge is 0.394 e. The van der Waals surface area contributed by atoms with Crippen LogP contribution in [-0.4, -0.2) is 29.4 Å². The molecule has 6 heteroatoms. The molecule has 2 unspecified atom stereocenters. The quantitative estimate of drug-likeness (QED) is 0.108. The Kier molecular flexibility index (Phi) is 14.3. The third-order valence-corrected chi connectivity index (χ3v) is 7.76. The van der Waals surface area contributed by atoms with Crippen molar-refractivity contribution in [3.05, 3.63) is 107 Å². The van der Waals surface area contributed by atoms with E-state index < -0.39 is 17.9 Å². The van der Waals surface area contributed by atoms with E-state index in [0.717, 1.165) is 29.5 Å². The highest BCUT2D eigenvalue weighted by atomic mass is 16.4. The maximum atomic E-state index is 12.8. The summed E-state index contributed by atoms with van der Waals surface area (Å²) in [6.07, 6.45) is 13.1. The Morgan fingerprint density at radius 3 is 1.79 bits per heavy atom. The zero-order valence-corrected chi connectivity index (χ0v) is 24.9. The molecule has 42 heavy (non-hydrogen) atoms. The minimum atomic E-state index is -1.53. The second-order valence-corrected chi connectivity index (χ2v) is 11.0. The normalized spacial score (nSPS) is 12.3. The predicted molar refractivity (Wildman–Crippen MR) is 168 cm³/mol. The molecule has 6 nitrogen and oxygen atoms in total. The molecular weight excluding hydrogens is 524 g/mol. The van der Waals surface area contributed by atoms with Gasteiger partial charge in [-0.15, -0.1) is 0 Å². The Morgan fingerprint density at radius 2 is 1.21 bits per heavy atom. The summed E-state index contributed by atoms with van der Waals surface area (Å²) in [4.78, 5) is 36.7. The van der Waals surface area contributed by atoms with Crippen LogP contribution in [0.5, 0.6) is 0 Å². The van der Waals surface area contributed by atoms with Crippen LogP contribution >= 0.6 is 0 Å². The van der Waals surface area contributed by atoms with Gasteiger partial charge in [-0.05, 0) is 41.7 Å². The van der Waals surface area contributed by atoms with Crippen molar-refractivity contribution >= 4 is 17.8 Å². The molecule has 2 amide bonds. The van der Waals surface area contributed by atoms with Crippen molar-refractivity contribution in [2.24, 2.45) is 0 Å². The molecule has 0 saturated heterocycles. The van der Waals surface area contributed by atoms with Crippen LogP contribution in [0.4, 0.5) is 0 Å². The van der Waals surface area contributed by atoms with E-state index in [0.29, 0.717) is 18.5 Å². The van der Waals surface area contributed by atoms with Crippen molar-refractivity contribution in [2.45, 2.75) is 89.5 Å². The SMILES string of the molecule is CCCCCCCCCCCCNC(=O)c1ccc(C(NC(=O)C(=O)O)C(Cc2ccccc2)c2ccccc2)cc1.